The zero-order valence-electron chi connectivity index (χ0n) is 12.8. The molecule has 0 radical (unpaired) electrons. The number of aryl methyl sites for hydroxylation is 3. The van der Waals surface area contributed by atoms with Gasteiger partial charge in [-0.15, -0.1) is 0 Å². The molecule has 0 bridgehead atoms. The fraction of sp³-hybridized carbons (Fsp3) is 0.500. The summed E-state index contributed by atoms with van der Waals surface area (Å²) in [4.78, 5) is 9.11. The summed E-state index contributed by atoms with van der Waals surface area (Å²) < 4.78 is 2.19. The average molecular weight is 272 g/mol. The molecule has 108 valence electrons. The first-order valence-electron chi connectivity index (χ1n) is 7.32. The molecular formula is C16H24N4. The lowest BCUT2D eigenvalue weighted by Gasteiger charge is -2.19. The molecule has 0 fully saturated rings. The van der Waals surface area contributed by atoms with Crippen LogP contribution in [0.1, 0.15) is 42.5 Å². The highest BCUT2D eigenvalue weighted by molar-refractivity contribution is 5.26. The van der Waals surface area contributed by atoms with E-state index in [-0.39, 0.29) is 6.04 Å². The van der Waals surface area contributed by atoms with Crippen molar-refractivity contribution in [1.29, 1.82) is 0 Å². The Bertz CT molecular complexity index is 559. The predicted octanol–water partition coefficient (Wildman–Crippen LogP) is 2.81. The van der Waals surface area contributed by atoms with Crippen molar-refractivity contribution in [3.05, 3.63) is 47.3 Å². The average Bonchev–Trinajstić information content (AvgIpc) is 2.85. The Kier molecular flexibility index (Phi) is 4.90. The van der Waals surface area contributed by atoms with Gasteiger partial charge in [-0.25, -0.2) is 4.98 Å². The maximum atomic E-state index is 4.63. The van der Waals surface area contributed by atoms with E-state index in [1.54, 1.807) is 0 Å². The third-order valence-corrected chi connectivity index (χ3v) is 3.57. The minimum atomic E-state index is 0.216. The number of likely N-dealkylation sites (N-methyl/N-ethyl adjacent to an activating group) is 1. The van der Waals surface area contributed by atoms with Crippen LogP contribution in [0.4, 0.5) is 0 Å². The first-order chi connectivity index (χ1) is 9.65. The quantitative estimate of drug-likeness (QED) is 0.879. The van der Waals surface area contributed by atoms with Crippen LogP contribution >= 0.6 is 0 Å². The van der Waals surface area contributed by atoms with Crippen LogP contribution < -0.4 is 5.32 Å². The third kappa shape index (κ3) is 3.25. The number of hydrogen-bond donors (Lipinski definition) is 1. The van der Waals surface area contributed by atoms with Crippen LogP contribution in [-0.2, 0) is 13.0 Å². The van der Waals surface area contributed by atoms with Crippen molar-refractivity contribution < 1.29 is 0 Å². The maximum absolute atomic E-state index is 4.63. The number of hydrogen-bond acceptors (Lipinski definition) is 3. The van der Waals surface area contributed by atoms with Crippen molar-refractivity contribution >= 4 is 0 Å². The molecule has 0 aliphatic heterocycles. The van der Waals surface area contributed by atoms with Gasteiger partial charge in [0.25, 0.3) is 0 Å². The van der Waals surface area contributed by atoms with Gasteiger partial charge in [0, 0.05) is 31.6 Å². The molecule has 0 amide bonds. The van der Waals surface area contributed by atoms with E-state index in [2.05, 4.69) is 53.6 Å². The van der Waals surface area contributed by atoms with E-state index in [1.807, 2.05) is 18.6 Å². The molecule has 1 unspecified atom stereocenters. The SMILES string of the molecule is CCNC(Cc1nccn1CC)c1ncc(C)cc1C. The fourth-order valence-corrected chi connectivity index (χ4v) is 2.60. The standard InChI is InChI=1S/C16H24N4/c1-5-17-14(10-15-18-7-8-20(15)6-2)16-13(4)9-12(3)11-19-16/h7-9,11,14,17H,5-6,10H2,1-4H3. The maximum Gasteiger partial charge on any atom is 0.110 e. The summed E-state index contributed by atoms with van der Waals surface area (Å²) in [6, 6.07) is 2.41. The molecule has 4 heteroatoms. The summed E-state index contributed by atoms with van der Waals surface area (Å²) in [6.07, 6.45) is 6.72. The second kappa shape index (κ2) is 6.66. The Morgan fingerprint density at radius 2 is 2.05 bits per heavy atom. The number of imidazole rings is 1. The molecule has 2 heterocycles. The zero-order valence-corrected chi connectivity index (χ0v) is 12.8. The Morgan fingerprint density at radius 3 is 2.70 bits per heavy atom. The van der Waals surface area contributed by atoms with Crippen molar-refractivity contribution in [3.8, 4) is 0 Å². The van der Waals surface area contributed by atoms with Gasteiger partial charge >= 0.3 is 0 Å². The highest BCUT2D eigenvalue weighted by atomic mass is 15.1. The molecular weight excluding hydrogens is 248 g/mol. The van der Waals surface area contributed by atoms with E-state index >= 15 is 0 Å². The minimum absolute atomic E-state index is 0.216. The predicted molar refractivity (Wildman–Crippen MR) is 81.7 cm³/mol. The first kappa shape index (κ1) is 14.7. The van der Waals surface area contributed by atoms with Gasteiger partial charge in [0.05, 0.1) is 11.7 Å². The molecule has 0 saturated carbocycles. The molecule has 0 aliphatic rings. The van der Waals surface area contributed by atoms with E-state index in [1.165, 1.54) is 11.1 Å². The van der Waals surface area contributed by atoms with Crippen molar-refractivity contribution in [1.82, 2.24) is 19.9 Å². The summed E-state index contributed by atoms with van der Waals surface area (Å²) in [7, 11) is 0. The van der Waals surface area contributed by atoms with Crippen LogP contribution in [0.2, 0.25) is 0 Å². The lowest BCUT2D eigenvalue weighted by Crippen LogP contribution is -2.26. The summed E-state index contributed by atoms with van der Waals surface area (Å²) in [5.41, 5.74) is 3.57. The van der Waals surface area contributed by atoms with Crippen molar-refractivity contribution in [2.75, 3.05) is 6.54 Å². The number of aromatic nitrogens is 3. The topological polar surface area (TPSA) is 42.7 Å². The highest BCUT2D eigenvalue weighted by Gasteiger charge is 2.17. The molecule has 2 aromatic heterocycles. The molecule has 1 atom stereocenters. The highest BCUT2D eigenvalue weighted by Crippen LogP contribution is 2.20. The molecule has 1 N–H and O–H groups in total. The van der Waals surface area contributed by atoms with Gasteiger partial charge in [-0.05, 0) is 38.4 Å². The van der Waals surface area contributed by atoms with Crippen LogP contribution in [-0.4, -0.2) is 21.1 Å². The molecule has 4 nitrogen and oxygen atoms in total. The van der Waals surface area contributed by atoms with Crippen molar-refractivity contribution in [2.24, 2.45) is 0 Å². The smallest absolute Gasteiger partial charge is 0.110 e. The van der Waals surface area contributed by atoms with Gasteiger partial charge in [0.15, 0.2) is 0 Å². The van der Waals surface area contributed by atoms with Crippen LogP contribution in [0, 0.1) is 13.8 Å². The molecule has 0 aromatic carbocycles. The number of pyridine rings is 1. The molecule has 0 saturated heterocycles. The molecule has 0 aliphatic carbocycles. The molecule has 0 spiro atoms. The Labute approximate surface area is 121 Å². The van der Waals surface area contributed by atoms with Gasteiger partial charge in [-0.2, -0.15) is 0 Å². The van der Waals surface area contributed by atoms with E-state index in [4.69, 9.17) is 0 Å². The van der Waals surface area contributed by atoms with E-state index in [0.29, 0.717) is 0 Å². The van der Waals surface area contributed by atoms with Crippen molar-refractivity contribution in [2.45, 2.75) is 46.7 Å². The van der Waals surface area contributed by atoms with Crippen LogP contribution in [0.25, 0.3) is 0 Å². The summed E-state index contributed by atoms with van der Waals surface area (Å²) in [5, 5.41) is 3.53. The molecule has 2 rings (SSSR count). The van der Waals surface area contributed by atoms with Crippen LogP contribution in [0.5, 0.6) is 0 Å². The lowest BCUT2D eigenvalue weighted by atomic mass is 10.0. The van der Waals surface area contributed by atoms with Crippen LogP contribution in [0.3, 0.4) is 0 Å². The van der Waals surface area contributed by atoms with E-state index in [0.717, 1.165) is 31.0 Å². The van der Waals surface area contributed by atoms with Crippen LogP contribution in [0.15, 0.2) is 24.7 Å². The Balaban J connectivity index is 2.27. The number of nitrogens with one attached hydrogen (secondary N) is 1. The Morgan fingerprint density at radius 1 is 1.25 bits per heavy atom. The summed E-state index contributed by atoms with van der Waals surface area (Å²) >= 11 is 0. The number of nitrogens with zero attached hydrogens (tertiary/aromatic N) is 3. The monoisotopic (exact) mass is 272 g/mol. The fourth-order valence-electron chi connectivity index (χ4n) is 2.60. The van der Waals surface area contributed by atoms with E-state index in [9.17, 15) is 0 Å². The second-order valence-corrected chi connectivity index (χ2v) is 5.16. The molecule has 20 heavy (non-hydrogen) atoms. The third-order valence-electron chi connectivity index (χ3n) is 3.57. The number of rotatable bonds is 6. The summed E-state index contributed by atoms with van der Waals surface area (Å²) in [5.74, 6) is 1.11. The lowest BCUT2D eigenvalue weighted by molar-refractivity contribution is 0.509. The zero-order chi connectivity index (χ0) is 14.5. The van der Waals surface area contributed by atoms with Gasteiger partial charge < -0.3 is 9.88 Å². The van der Waals surface area contributed by atoms with E-state index < -0.39 is 0 Å². The Hall–Kier alpha value is -1.68. The first-order valence-corrected chi connectivity index (χ1v) is 7.32. The van der Waals surface area contributed by atoms with Gasteiger partial charge in [-0.1, -0.05) is 13.0 Å². The van der Waals surface area contributed by atoms with Gasteiger partial charge in [0.2, 0.25) is 0 Å². The van der Waals surface area contributed by atoms with Gasteiger partial charge in [0.1, 0.15) is 5.82 Å². The minimum Gasteiger partial charge on any atom is -0.335 e. The normalized spacial score (nSPS) is 12.6. The van der Waals surface area contributed by atoms with Crippen molar-refractivity contribution in [3.63, 3.8) is 0 Å². The summed E-state index contributed by atoms with van der Waals surface area (Å²) in [6.45, 7) is 10.4. The molecule has 2 aromatic rings. The largest absolute Gasteiger partial charge is 0.335 e. The second-order valence-electron chi connectivity index (χ2n) is 5.16. The van der Waals surface area contributed by atoms with Gasteiger partial charge in [-0.3, -0.25) is 4.98 Å².